The molecule has 0 saturated heterocycles. The number of rotatable bonds is 4. The quantitative estimate of drug-likeness (QED) is 0.416. The molecule has 0 saturated carbocycles. The van der Waals surface area contributed by atoms with Crippen LogP contribution in [0.2, 0.25) is 5.02 Å². The fourth-order valence-corrected chi connectivity index (χ4v) is 4.09. The Kier molecular flexibility index (Phi) is 4.79. The molecule has 1 aliphatic rings. The summed E-state index contributed by atoms with van der Waals surface area (Å²) >= 11 is 6.30. The first-order valence-electron chi connectivity index (χ1n) is 9.91. The van der Waals surface area contributed by atoms with Crippen LogP contribution in [0.5, 0.6) is 0 Å². The molecule has 1 aliphatic heterocycles. The smallest absolute Gasteiger partial charge is 0.294 e. The zero-order chi connectivity index (χ0) is 22.4. The fourth-order valence-electron chi connectivity index (χ4n) is 3.91. The van der Waals surface area contributed by atoms with E-state index >= 15 is 0 Å². The molecule has 0 spiro atoms. The van der Waals surface area contributed by atoms with Gasteiger partial charge in [0.2, 0.25) is 5.78 Å². The molecule has 2 aromatic carbocycles. The molecule has 6 nitrogen and oxygen atoms in total. The van der Waals surface area contributed by atoms with Gasteiger partial charge in [0.25, 0.3) is 5.91 Å². The second kappa shape index (κ2) is 7.66. The third-order valence-corrected chi connectivity index (χ3v) is 5.94. The van der Waals surface area contributed by atoms with Gasteiger partial charge in [-0.25, -0.2) is 0 Å². The van der Waals surface area contributed by atoms with Gasteiger partial charge in [0.05, 0.1) is 11.6 Å². The number of fused-ring (bicyclic) bond motifs is 1. The third kappa shape index (κ3) is 3.16. The standard InChI is InChI=1S/C25H17ClN2O4/c1-14-8-9-17(12-18(14)26)28-22(16-6-4-10-27-13-16)21(24(30)25(28)31)23(29)20-11-15-5-2-3-7-19(15)32-20/h2-13,22,30H,1H3. The number of benzene rings is 2. The highest BCUT2D eigenvalue weighted by molar-refractivity contribution is 6.31. The average molecular weight is 445 g/mol. The van der Waals surface area contributed by atoms with Crippen molar-refractivity contribution in [3.05, 3.63) is 106 Å². The number of aliphatic hydroxyl groups is 1. The van der Waals surface area contributed by atoms with Gasteiger partial charge < -0.3 is 9.52 Å². The molecule has 1 N–H and O–H groups in total. The highest BCUT2D eigenvalue weighted by Crippen LogP contribution is 2.42. The number of halogens is 1. The van der Waals surface area contributed by atoms with Gasteiger partial charge in [0.1, 0.15) is 5.58 Å². The number of para-hydroxylation sites is 1. The van der Waals surface area contributed by atoms with Crippen molar-refractivity contribution in [2.75, 3.05) is 4.90 Å². The second-order valence-corrected chi connectivity index (χ2v) is 7.94. The highest BCUT2D eigenvalue weighted by atomic mass is 35.5. The maximum Gasteiger partial charge on any atom is 0.294 e. The van der Waals surface area contributed by atoms with Gasteiger partial charge in [-0.15, -0.1) is 0 Å². The number of aryl methyl sites for hydroxylation is 1. The first-order valence-corrected chi connectivity index (χ1v) is 10.3. The molecule has 0 fully saturated rings. The zero-order valence-electron chi connectivity index (χ0n) is 16.9. The number of furan rings is 1. The van der Waals surface area contributed by atoms with Crippen molar-refractivity contribution < 1.29 is 19.1 Å². The van der Waals surface area contributed by atoms with Gasteiger partial charge in [-0.05, 0) is 48.4 Å². The zero-order valence-corrected chi connectivity index (χ0v) is 17.7. The van der Waals surface area contributed by atoms with Crippen LogP contribution in [0.1, 0.15) is 27.7 Å². The lowest BCUT2D eigenvalue weighted by Gasteiger charge is -2.26. The van der Waals surface area contributed by atoms with E-state index in [1.807, 2.05) is 19.1 Å². The van der Waals surface area contributed by atoms with E-state index in [1.165, 1.54) is 4.90 Å². The van der Waals surface area contributed by atoms with Crippen molar-refractivity contribution in [2.45, 2.75) is 13.0 Å². The molecular formula is C25H17ClN2O4. The minimum atomic E-state index is -0.893. The number of hydrogen-bond donors (Lipinski definition) is 1. The number of ketones is 1. The maximum absolute atomic E-state index is 13.5. The number of aromatic nitrogens is 1. The van der Waals surface area contributed by atoms with E-state index < -0.39 is 23.5 Å². The maximum atomic E-state index is 13.5. The lowest BCUT2D eigenvalue weighted by Crippen LogP contribution is -2.31. The Bertz CT molecular complexity index is 1380. The molecule has 2 aromatic heterocycles. The lowest BCUT2D eigenvalue weighted by atomic mass is 9.96. The van der Waals surface area contributed by atoms with E-state index in [9.17, 15) is 14.7 Å². The summed E-state index contributed by atoms with van der Waals surface area (Å²) in [6.07, 6.45) is 3.16. The van der Waals surface area contributed by atoms with Crippen LogP contribution in [0, 0.1) is 6.92 Å². The summed E-state index contributed by atoms with van der Waals surface area (Å²) in [5.74, 6) is -1.85. The molecule has 1 atom stereocenters. The lowest BCUT2D eigenvalue weighted by molar-refractivity contribution is -0.117. The Balaban J connectivity index is 1.66. The van der Waals surface area contributed by atoms with Crippen molar-refractivity contribution in [1.82, 2.24) is 4.98 Å². The van der Waals surface area contributed by atoms with Crippen molar-refractivity contribution >= 4 is 39.9 Å². The minimum Gasteiger partial charge on any atom is -0.503 e. The van der Waals surface area contributed by atoms with Crippen LogP contribution in [-0.4, -0.2) is 21.8 Å². The molecule has 1 unspecified atom stereocenters. The summed E-state index contributed by atoms with van der Waals surface area (Å²) in [6, 6.07) is 16.5. The van der Waals surface area contributed by atoms with Crippen LogP contribution in [-0.2, 0) is 4.79 Å². The Labute approximate surface area is 188 Å². The number of amides is 1. The minimum absolute atomic E-state index is 0.0400. The van der Waals surface area contributed by atoms with Crippen molar-refractivity contribution in [3.8, 4) is 0 Å². The van der Waals surface area contributed by atoms with Crippen molar-refractivity contribution in [3.63, 3.8) is 0 Å². The van der Waals surface area contributed by atoms with E-state index in [2.05, 4.69) is 4.98 Å². The van der Waals surface area contributed by atoms with E-state index in [-0.39, 0.29) is 11.3 Å². The van der Waals surface area contributed by atoms with E-state index in [0.717, 1.165) is 10.9 Å². The highest BCUT2D eigenvalue weighted by Gasteiger charge is 2.45. The van der Waals surface area contributed by atoms with E-state index in [0.29, 0.717) is 21.9 Å². The van der Waals surface area contributed by atoms with E-state index in [1.54, 1.807) is 60.9 Å². The van der Waals surface area contributed by atoms with Gasteiger partial charge in [0.15, 0.2) is 11.5 Å². The summed E-state index contributed by atoms with van der Waals surface area (Å²) in [5, 5.41) is 12.0. The molecule has 0 aliphatic carbocycles. The number of anilines is 1. The van der Waals surface area contributed by atoms with Gasteiger partial charge >= 0.3 is 0 Å². The predicted octanol–water partition coefficient (Wildman–Crippen LogP) is 5.57. The number of Topliss-reactive ketones (excluding diaryl/α,β-unsaturated/α-hetero) is 1. The monoisotopic (exact) mass is 444 g/mol. The Morgan fingerprint density at radius 3 is 2.66 bits per heavy atom. The SMILES string of the molecule is Cc1ccc(N2C(=O)C(O)=C(C(=O)c3cc4ccccc4o3)C2c2cccnc2)cc1Cl. The van der Waals surface area contributed by atoms with Gasteiger partial charge in [-0.3, -0.25) is 19.5 Å². The topological polar surface area (TPSA) is 83.6 Å². The Hall–Kier alpha value is -3.90. The largest absolute Gasteiger partial charge is 0.503 e. The average Bonchev–Trinajstić information content (AvgIpc) is 3.35. The molecule has 3 heterocycles. The van der Waals surface area contributed by atoms with Gasteiger partial charge in [0, 0.05) is 28.5 Å². The molecule has 1 amide bonds. The van der Waals surface area contributed by atoms with Crippen molar-refractivity contribution in [2.24, 2.45) is 0 Å². The summed E-state index contributed by atoms with van der Waals surface area (Å²) in [6.45, 7) is 1.85. The van der Waals surface area contributed by atoms with Crippen molar-refractivity contribution in [1.29, 1.82) is 0 Å². The molecule has 0 bridgehead atoms. The summed E-state index contributed by atoms with van der Waals surface area (Å²) in [7, 11) is 0. The molecule has 5 rings (SSSR count). The first-order chi connectivity index (χ1) is 15.5. The number of pyridine rings is 1. The second-order valence-electron chi connectivity index (χ2n) is 7.54. The molecule has 0 radical (unpaired) electrons. The molecule has 4 aromatic rings. The summed E-state index contributed by atoms with van der Waals surface area (Å²) in [5.41, 5.74) is 2.34. The molecule has 158 valence electrons. The van der Waals surface area contributed by atoms with Gasteiger partial charge in [-0.2, -0.15) is 0 Å². The van der Waals surface area contributed by atoms with Crippen LogP contribution in [0.3, 0.4) is 0 Å². The first kappa shape index (κ1) is 20.0. The number of carbonyl (C=O) groups is 2. The van der Waals surface area contributed by atoms with Crippen LogP contribution >= 0.6 is 11.6 Å². The number of nitrogens with zero attached hydrogens (tertiary/aromatic N) is 2. The summed E-state index contributed by atoms with van der Waals surface area (Å²) in [4.78, 5) is 32.2. The summed E-state index contributed by atoms with van der Waals surface area (Å²) < 4.78 is 5.72. The number of carbonyl (C=O) groups excluding carboxylic acids is 2. The van der Waals surface area contributed by atoms with Crippen LogP contribution in [0.25, 0.3) is 11.0 Å². The van der Waals surface area contributed by atoms with Gasteiger partial charge in [-0.1, -0.05) is 41.9 Å². The normalized spacial score (nSPS) is 16.2. The predicted molar refractivity (Wildman–Crippen MR) is 121 cm³/mol. The van der Waals surface area contributed by atoms with E-state index in [4.69, 9.17) is 16.0 Å². The fraction of sp³-hybridized carbons (Fsp3) is 0.0800. The third-order valence-electron chi connectivity index (χ3n) is 5.54. The Morgan fingerprint density at radius 2 is 1.94 bits per heavy atom. The Morgan fingerprint density at radius 1 is 1.12 bits per heavy atom. The number of aliphatic hydroxyl groups excluding tert-OH is 1. The van der Waals surface area contributed by atoms with Crippen LogP contribution in [0.15, 0.2) is 88.8 Å². The number of hydrogen-bond acceptors (Lipinski definition) is 5. The van der Waals surface area contributed by atoms with Crippen LogP contribution in [0.4, 0.5) is 5.69 Å². The molecular weight excluding hydrogens is 428 g/mol. The van der Waals surface area contributed by atoms with Crippen LogP contribution < -0.4 is 4.90 Å². The molecule has 7 heteroatoms. The molecule has 32 heavy (non-hydrogen) atoms.